The number of carbonyl (C=O) groups is 3. The van der Waals surface area contributed by atoms with Crippen LogP contribution in [-0.4, -0.2) is 29.1 Å². The quantitative estimate of drug-likeness (QED) is 0.826. The lowest BCUT2D eigenvalue weighted by molar-refractivity contribution is -0.145. The van der Waals surface area contributed by atoms with Crippen LogP contribution in [-0.2, 0) is 14.3 Å². The first-order valence-corrected chi connectivity index (χ1v) is 7.40. The molecule has 3 fully saturated rings. The number of hydrogen-bond acceptors (Lipinski definition) is 4. The van der Waals surface area contributed by atoms with Crippen LogP contribution in [0.5, 0.6) is 0 Å². The Bertz CT molecular complexity index is 683. The number of ether oxygens (including phenoxy) is 1. The number of hydrogen-bond donors (Lipinski definition) is 2. The summed E-state index contributed by atoms with van der Waals surface area (Å²) in [7, 11) is 0. The van der Waals surface area contributed by atoms with Gasteiger partial charge in [-0.15, -0.1) is 0 Å². The van der Waals surface area contributed by atoms with E-state index in [1.54, 1.807) is 18.2 Å². The molecule has 2 bridgehead atoms. The highest BCUT2D eigenvalue weighted by Crippen LogP contribution is 2.57. The Balaban J connectivity index is 1.59. The lowest BCUT2D eigenvalue weighted by atomic mass is 9.79. The molecular weight excluding hydrogens is 286 g/mol. The van der Waals surface area contributed by atoms with Gasteiger partial charge in [0, 0.05) is 5.92 Å². The largest absolute Gasteiger partial charge is 0.478 e. The number of carbonyl (C=O) groups excluding carboxylic acids is 2. The minimum absolute atomic E-state index is 0.0159. The average molecular weight is 301 g/mol. The maximum atomic E-state index is 12.6. The highest BCUT2D eigenvalue weighted by molar-refractivity contribution is 6.02. The van der Waals surface area contributed by atoms with Crippen LogP contribution in [0, 0.1) is 23.7 Å². The predicted molar refractivity (Wildman–Crippen MR) is 75.1 cm³/mol. The number of esters is 1. The second-order valence-corrected chi connectivity index (χ2v) is 6.26. The average Bonchev–Trinajstić information content (AvgIpc) is 3.08. The Morgan fingerprint density at radius 2 is 2.00 bits per heavy atom. The molecule has 1 aliphatic heterocycles. The van der Waals surface area contributed by atoms with Gasteiger partial charge in [0.2, 0.25) is 5.91 Å². The Kier molecular flexibility index (Phi) is 2.76. The number of fused-ring (bicyclic) bond motifs is 1. The molecule has 4 rings (SSSR count). The second kappa shape index (κ2) is 4.56. The van der Waals surface area contributed by atoms with Crippen LogP contribution in [0.2, 0.25) is 0 Å². The highest BCUT2D eigenvalue weighted by Gasteiger charge is 2.63. The minimum atomic E-state index is -1.09. The lowest BCUT2D eigenvalue weighted by Crippen LogP contribution is -2.36. The van der Waals surface area contributed by atoms with Gasteiger partial charge in [-0.25, -0.2) is 4.79 Å². The number of carboxylic acid groups (broad SMARTS) is 1. The molecule has 0 radical (unpaired) electrons. The second-order valence-electron chi connectivity index (χ2n) is 6.26. The van der Waals surface area contributed by atoms with Gasteiger partial charge in [0.25, 0.3) is 0 Å². The third-order valence-corrected chi connectivity index (χ3v) is 5.20. The zero-order valence-electron chi connectivity index (χ0n) is 11.7. The van der Waals surface area contributed by atoms with Crippen LogP contribution in [0.4, 0.5) is 5.69 Å². The van der Waals surface area contributed by atoms with E-state index in [2.05, 4.69) is 5.32 Å². The molecule has 3 aliphatic rings. The SMILES string of the molecule is O=C(O)c1ccccc1NC(=O)[C@@H]1[C@@H]2C[C@H]3[C@H]1C(=O)O[C@H]3C2. The predicted octanol–water partition coefficient (Wildman–Crippen LogP) is 1.52. The van der Waals surface area contributed by atoms with Crippen LogP contribution in [0.25, 0.3) is 0 Å². The number of amides is 1. The van der Waals surface area contributed by atoms with E-state index in [-0.39, 0.29) is 47.0 Å². The van der Waals surface area contributed by atoms with Gasteiger partial charge >= 0.3 is 11.9 Å². The number of nitrogens with one attached hydrogen (secondary N) is 1. The van der Waals surface area contributed by atoms with Crippen molar-refractivity contribution in [3.05, 3.63) is 29.8 Å². The molecule has 1 saturated heterocycles. The zero-order chi connectivity index (χ0) is 15.4. The van der Waals surface area contributed by atoms with Crippen molar-refractivity contribution in [1.29, 1.82) is 0 Å². The normalized spacial score (nSPS) is 34.5. The molecular formula is C16H15NO5. The van der Waals surface area contributed by atoms with Crippen LogP contribution in [0.1, 0.15) is 23.2 Å². The summed E-state index contributed by atoms with van der Waals surface area (Å²) < 4.78 is 5.32. The van der Waals surface area contributed by atoms with Gasteiger partial charge in [-0.1, -0.05) is 12.1 Å². The monoisotopic (exact) mass is 301 g/mol. The summed E-state index contributed by atoms with van der Waals surface area (Å²) in [6, 6.07) is 6.28. The smallest absolute Gasteiger partial charge is 0.337 e. The molecule has 2 saturated carbocycles. The molecule has 1 heterocycles. The van der Waals surface area contributed by atoms with Gasteiger partial charge in [-0.2, -0.15) is 0 Å². The molecule has 1 aromatic carbocycles. The van der Waals surface area contributed by atoms with Crippen molar-refractivity contribution in [2.45, 2.75) is 18.9 Å². The van der Waals surface area contributed by atoms with E-state index in [1.807, 2.05) is 0 Å². The van der Waals surface area contributed by atoms with Gasteiger partial charge < -0.3 is 15.2 Å². The fraction of sp³-hybridized carbons (Fsp3) is 0.438. The topological polar surface area (TPSA) is 92.7 Å². The highest BCUT2D eigenvalue weighted by atomic mass is 16.6. The first-order chi connectivity index (χ1) is 10.6. The molecule has 114 valence electrons. The van der Waals surface area contributed by atoms with Gasteiger partial charge in [-0.05, 0) is 30.9 Å². The molecule has 6 heteroatoms. The molecule has 0 aromatic heterocycles. The van der Waals surface area contributed by atoms with Gasteiger partial charge in [0.05, 0.1) is 23.1 Å². The Morgan fingerprint density at radius 1 is 1.23 bits per heavy atom. The number of benzene rings is 1. The maximum absolute atomic E-state index is 12.6. The van der Waals surface area contributed by atoms with Crippen LogP contribution < -0.4 is 5.32 Å². The lowest BCUT2D eigenvalue weighted by Gasteiger charge is -2.23. The van der Waals surface area contributed by atoms with E-state index in [0.29, 0.717) is 0 Å². The molecule has 6 nitrogen and oxygen atoms in total. The van der Waals surface area contributed by atoms with Crippen LogP contribution in [0.3, 0.4) is 0 Å². The summed E-state index contributed by atoms with van der Waals surface area (Å²) in [5, 5.41) is 11.9. The van der Waals surface area contributed by atoms with Crippen LogP contribution in [0.15, 0.2) is 24.3 Å². The number of carboxylic acids is 1. The zero-order valence-corrected chi connectivity index (χ0v) is 11.7. The van der Waals surface area contributed by atoms with E-state index in [4.69, 9.17) is 4.74 Å². The van der Waals surface area contributed by atoms with Gasteiger partial charge in [0.15, 0.2) is 0 Å². The van der Waals surface area contributed by atoms with E-state index >= 15 is 0 Å². The molecule has 22 heavy (non-hydrogen) atoms. The fourth-order valence-corrected chi connectivity index (χ4v) is 4.36. The van der Waals surface area contributed by atoms with E-state index in [0.717, 1.165) is 12.8 Å². The third kappa shape index (κ3) is 1.76. The summed E-state index contributed by atoms with van der Waals surface area (Å²) in [4.78, 5) is 35.7. The Hall–Kier alpha value is -2.37. The number of aromatic carboxylic acids is 1. The summed E-state index contributed by atoms with van der Waals surface area (Å²) in [5.41, 5.74) is 0.316. The molecule has 0 unspecified atom stereocenters. The summed E-state index contributed by atoms with van der Waals surface area (Å²) in [6.07, 6.45) is 1.57. The van der Waals surface area contributed by atoms with E-state index in [1.165, 1.54) is 6.07 Å². The summed E-state index contributed by atoms with van der Waals surface area (Å²) in [6.45, 7) is 0. The van der Waals surface area contributed by atoms with Gasteiger partial charge in [-0.3, -0.25) is 9.59 Å². The van der Waals surface area contributed by atoms with Crippen molar-refractivity contribution in [2.24, 2.45) is 23.7 Å². The standard InChI is InChI=1S/C16H15NO5/c18-14(17-10-4-2-1-3-8(10)15(19)20)12-7-5-9-11(6-7)22-16(21)13(9)12/h1-4,7,9,11-13H,5-6H2,(H,17,18)(H,19,20)/t7-,9-,11+,12-,13-/m1/s1. The molecule has 5 atom stereocenters. The molecule has 2 aliphatic carbocycles. The molecule has 2 N–H and O–H groups in total. The number of para-hydroxylation sites is 1. The number of anilines is 1. The molecule has 1 aromatic rings. The molecule has 0 spiro atoms. The van der Waals surface area contributed by atoms with Crippen molar-refractivity contribution in [1.82, 2.24) is 0 Å². The minimum Gasteiger partial charge on any atom is -0.478 e. The van der Waals surface area contributed by atoms with Crippen LogP contribution >= 0.6 is 0 Å². The number of rotatable bonds is 3. The maximum Gasteiger partial charge on any atom is 0.337 e. The van der Waals surface area contributed by atoms with Crippen molar-refractivity contribution in [3.63, 3.8) is 0 Å². The first-order valence-electron chi connectivity index (χ1n) is 7.40. The first kappa shape index (κ1) is 13.3. The summed E-state index contributed by atoms with van der Waals surface area (Å²) >= 11 is 0. The van der Waals surface area contributed by atoms with Gasteiger partial charge in [0.1, 0.15) is 6.10 Å². The van der Waals surface area contributed by atoms with Crippen molar-refractivity contribution in [2.75, 3.05) is 5.32 Å². The fourth-order valence-electron chi connectivity index (χ4n) is 4.36. The Morgan fingerprint density at radius 3 is 2.77 bits per heavy atom. The van der Waals surface area contributed by atoms with Crippen molar-refractivity contribution < 1.29 is 24.2 Å². The van der Waals surface area contributed by atoms with E-state index in [9.17, 15) is 19.5 Å². The van der Waals surface area contributed by atoms with Crippen molar-refractivity contribution in [3.8, 4) is 0 Å². The summed E-state index contributed by atoms with van der Waals surface area (Å²) in [5.74, 6) is -2.10. The van der Waals surface area contributed by atoms with Crippen molar-refractivity contribution >= 4 is 23.5 Å². The third-order valence-electron chi connectivity index (χ3n) is 5.20. The van der Waals surface area contributed by atoms with E-state index < -0.39 is 11.9 Å². The molecule has 1 amide bonds. The Labute approximate surface area is 126 Å².